The molecule has 1 heterocycles. The number of hydrogen-bond donors (Lipinski definition) is 2. The van der Waals surface area contributed by atoms with Gasteiger partial charge in [-0.25, -0.2) is 9.48 Å². The molecule has 0 aliphatic rings. The van der Waals surface area contributed by atoms with E-state index < -0.39 is 16.0 Å². The number of aromatic nitrogens is 3. The zero-order chi connectivity index (χ0) is 15.8. The molecule has 1 aromatic heterocycles. The van der Waals surface area contributed by atoms with Crippen molar-refractivity contribution in [2.45, 2.75) is 11.9 Å². The number of sulfonamides is 1. The SMILES string of the molecule is Cc1cc(C(=O)O)ccc1NS(=O)(=O)c1c(Br)nnn1C. The summed E-state index contributed by atoms with van der Waals surface area (Å²) in [6.45, 7) is 1.61. The lowest BCUT2D eigenvalue weighted by molar-refractivity contribution is 0.0697. The average molecular weight is 375 g/mol. The van der Waals surface area contributed by atoms with Gasteiger partial charge in [0.25, 0.3) is 10.0 Å². The molecule has 1 aromatic carbocycles. The van der Waals surface area contributed by atoms with Crippen LogP contribution in [0.2, 0.25) is 0 Å². The van der Waals surface area contributed by atoms with Gasteiger partial charge in [-0.1, -0.05) is 5.21 Å². The number of halogens is 1. The lowest BCUT2D eigenvalue weighted by atomic mass is 10.1. The molecule has 0 radical (unpaired) electrons. The van der Waals surface area contributed by atoms with E-state index in [1.807, 2.05) is 0 Å². The molecule has 0 amide bonds. The highest BCUT2D eigenvalue weighted by Crippen LogP contribution is 2.24. The predicted molar refractivity (Wildman–Crippen MR) is 77.6 cm³/mol. The lowest BCUT2D eigenvalue weighted by Gasteiger charge is -2.11. The predicted octanol–water partition coefficient (Wildman–Crippen LogP) is 1.39. The quantitative estimate of drug-likeness (QED) is 0.835. The summed E-state index contributed by atoms with van der Waals surface area (Å²) in [5.41, 5.74) is 0.858. The Bertz CT molecular complexity index is 796. The summed E-state index contributed by atoms with van der Waals surface area (Å²) < 4.78 is 28.2. The summed E-state index contributed by atoms with van der Waals surface area (Å²) in [6, 6.07) is 4.11. The van der Waals surface area contributed by atoms with Crippen molar-refractivity contribution in [3.8, 4) is 0 Å². The van der Waals surface area contributed by atoms with Crippen LogP contribution in [0.15, 0.2) is 27.8 Å². The van der Waals surface area contributed by atoms with Gasteiger partial charge in [0, 0.05) is 7.05 Å². The third-order valence-corrected chi connectivity index (χ3v) is 4.96. The largest absolute Gasteiger partial charge is 0.478 e. The molecule has 21 heavy (non-hydrogen) atoms. The zero-order valence-corrected chi connectivity index (χ0v) is 13.4. The molecule has 2 rings (SSSR count). The lowest BCUT2D eigenvalue weighted by Crippen LogP contribution is -2.18. The van der Waals surface area contributed by atoms with Crippen LogP contribution in [0.4, 0.5) is 5.69 Å². The van der Waals surface area contributed by atoms with Crippen molar-refractivity contribution in [1.29, 1.82) is 0 Å². The first-order valence-electron chi connectivity index (χ1n) is 5.64. The summed E-state index contributed by atoms with van der Waals surface area (Å²) in [5.74, 6) is -1.08. The molecule has 8 nitrogen and oxygen atoms in total. The van der Waals surface area contributed by atoms with Crippen LogP contribution in [-0.4, -0.2) is 34.5 Å². The summed E-state index contributed by atoms with van der Waals surface area (Å²) in [5, 5.41) is 16.0. The third-order valence-electron chi connectivity index (χ3n) is 2.71. The fraction of sp³-hybridized carbons (Fsp3) is 0.182. The van der Waals surface area contributed by atoms with Crippen LogP contribution in [0.5, 0.6) is 0 Å². The van der Waals surface area contributed by atoms with Gasteiger partial charge >= 0.3 is 5.97 Å². The Morgan fingerprint density at radius 1 is 1.43 bits per heavy atom. The number of carboxylic acid groups (broad SMARTS) is 1. The van der Waals surface area contributed by atoms with Crippen molar-refractivity contribution < 1.29 is 18.3 Å². The molecular weight excluding hydrogens is 364 g/mol. The third kappa shape index (κ3) is 3.05. The van der Waals surface area contributed by atoms with Gasteiger partial charge in [-0.2, -0.15) is 8.42 Å². The van der Waals surface area contributed by atoms with Crippen molar-refractivity contribution in [1.82, 2.24) is 15.0 Å². The van der Waals surface area contributed by atoms with Gasteiger partial charge in [-0.3, -0.25) is 4.72 Å². The van der Waals surface area contributed by atoms with Gasteiger partial charge in [-0.15, -0.1) is 5.10 Å². The van der Waals surface area contributed by atoms with Gasteiger partial charge in [0.1, 0.15) is 0 Å². The number of nitrogens with zero attached hydrogens (tertiary/aromatic N) is 3. The van der Waals surface area contributed by atoms with Crippen LogP contribution in [0.25, 0.3) is 0 Å². The van der Waals surface area contributed by atoms with E-state index >= 15 is 0 Å². The van der Waals surface area contributed by atoms with Crippen molar-refractivity contribution in [2.75, 3.05) is 4.72 Å². The topological polar surface area (TPSA) is 114 Å². The van der Waals surface area contributed by atoms with Gasteiger partial charge in [0.15, 0.2) is 4.60 Å². The van der Waals surface area contributed by atoms with Crippen LogP contribution >= 0.6 is 15.9 Å². The fourth-order valence-electron chi connectivity index (χ4n) is 1.71. The second-order valence-corrected chi connectivity index (χ2v) is 6.60. The van der Waals surface area contributed by atoms with Gasteiger partial charge in [-0.05, 0) is 46.6 Å². The molecule has 0 saturated carbocycles. The van der Waals surface area contributed by atoms with Crippen LogP contribution < -0.4 is 4.72 Å². The molecule has 0 spiro atoms. The van der Waals surface area contributed by atoms with E-state index in [9.17, 15) is 13.2 Å². The number of nitrogens with one attached hydrogen (secondary N) is 1. The summed E-state index contributed by atoms with van der Waals surface area (Å²) >= 11 is 3.02. The molecule has 112 valence electrons. The molecule has 0 aliphatic carbocycles. The normalized spacial score (nSPS) is 11.4. The molecule has 0 fully saturated rings. The van der Waals surface area contributed by atoms with Crippen molar-refractivity contribution in [3.63, 3.8) is 0 Å². The van der Waals surface area contributed by atoms with Crippen LogP contribution in [0.3, 0.4) is 0 Å². The Morgan fingerprint density at radius 2 is 2.10 bits per heavy atom. The van der Waals surface area contributed by atoms with Gasteiger partial charge in [0.05, 0.1) is 11.3 Å². The maximum absolute atomic E-state index is 12.3. The number of aromatic carboxylic acids is 1. The molecule has 0 unspecified atom stereocenters. The summed E-state index contributed by atoms with van der Waals surface area (Å²) in [4.78, 5) is 10.9. The first kappa shape index (κ1) is 15.4. The number of benzene rings is 1. The van der Waals surface area contributed by atoms with E-state index in [4.69, 9.17) is 5.11 Å². The highest BCUT2D eigenvalue weighted by atomic mass is 79.9. The standard InChI is InChI=1S/C11H11BrN4O4S/c1-6-5-7(11(17)18)3-4-8(6)14-21(19,20)10-9(12)13-15-16(10)2/h3-5,14H,1-2H3,(H,17,18). The molecule has 2 aromatic rings. The maximum Gasteiger partial charge on any atom is 0.335 e. The highest BCUT2D eigenvalue weighted by molar-refractivity contribution is 9.10. The minimum Gasteiger partial charge on any atom is -0.478 e. The number of hydrogen-bond acceptors (Lipinski definition) is 5. The first-order valence-corrected chi connectivity index (χ1v) is 7.92. The second-order valence-electron chi connectivity index (χ2n) is 4.25. The van der Waals surface area contributed by atoms with E-state index in [2.05, 4.69) is 31.0 Å². The van der Waals surface area contributed by atoms with Gasteiger partial charge < -0.3 is 5.11 Å². The Hall–Kier alpha value is -1.94. The zero-order valence-electron chi connectivity index (χ0n) is 11.0. The molecular formula is C11H11BrN4O4S. The summed E-state index contributed by atoms with van der Waals surface area (Å²) in [6.07, 6.45) is 0. The van der Waals surface area contributed by atoms with Crippen LogP contribution in [0, 0.1) is 6.92 Å². The summed E-state index contributed by atoms with van der Waals surface area (Å²) in [7, 11) is -2.44. The molecule has 10 heteroatoms. The van der Waals surface area contributed by atoms with Crippen LogP contribution in [0.1, 0.15) is 15.9 Å². The smallest absolute Gasteiger partial charge is 0.335 e. The van der Waals surface area contributed by atoms with E-state index in [1.54, 1.807) is 6.92 Å². The van der Waals surface area contributed by atoms with E-state index in [-0.39, 0.29) is 20.9 Å². The molecule has 2 N–H and O–H groups in total. The van der Waals surface area contributed by atoms with Crippen molar-refractivity contribution >= 4 is 37.6 Å². The van der Waals surface area contributed by atoms with E-state index in [0.29, 0.717) is 5.56 Å². The van der Waals surface area contributed by atoms with Gasteiger partial charge in [0.2, 0.25) is 5.03 Å². The Balaban J connectivity index is 2.40. The Morgan fingerprint density at radius 3 is 2.57 bits per heavy atom. The number of carboxylic acids is 1. The molecule has 0 atom stereocenters. The first-order chi connectivity index (χ1) is 9.72. The number of aryl methyl sites for hydroxylation is 2. The Labute approximate surface area is 129 Å². The monoisotopic (exact) mass is 374 g/mol. The minimum atomic E-state index is -3.89. The average Bonchev–Trinajstić information content (AvgIpc) is 2.71. The number of anilines is 1. The Kier molecular flexibility index (Phi) is 4.01. The van der Waals surface area contributed by atoms with Crippen LogP contribution in [-0.2, 0) is 17.1 Å². The number of rotatable bonds is 4. The van der Waals surface area contributed by atoms with Crippen molar-refractivity contribution in [2.24, 2.45) is 7.05 Å². The fourth-order valence-corrected chi connectivity index (χ4v) is 3.94. The molecule has 0 aliphatic heterocycles. The number of carbonyl (C=O) groups is 1. The highest BCUT2D eigenvalue weighted by Gasteiger charge is 2.24. The molecule has 0 saturated heterocycles. The second kappa shape index (κ2) is 5.45. The molecule has 0 bridgehead atoms. The van der Waals surface area contributed by atoms with E-state index in [1.165, 1.54) is 25.2 Å². The van der Waals surface area contributed by atoms with E-state index in [0.717, 1.165) is 4.68 Å². The minimum absolute atomic E-state index is 0.0822. The maximum atomic E-state index is 12.3. The van der Waals surface area contributed by atoms with Crippen molar-refractivity contribution in [3.05, 3.63) is 33.9 Å².